The Hall–Kier alpha value is -0.690. The van der Waals surface area contributed by atoms with Gasteiger partial charge in [0.05, 0.1) is 25.9 Å². The highest BCUT2D eigenvalue weighted by molar-refractivity contribution is 5.74. The minimum atomic E-state index is -0.613. The fourth-order valence-electron chi connectivity index (χ4n) is 1.64. The Morgan fingerprint density at radius 3 is 2.55 bits per heavy atom. The van der Waals surface area contributed by atoms with Crippen molar-refractivity contribution in [2.24, 2.45) is 5.73 Å². The molecule has 0 radical (unpaired) electrons. The SMILES string of the molecule is CCCCOCCOCC(O)CNC(C)(C)CC(N)=O. The molecule has 6 heteroatoms. The van der Waals surface area contributed by atoms with Crippen molar-refractivity contribution in [2.45, 2.75) is 51.7 Å². The van der Waals surface area contributed by atoms with Gasteiger partial charge in [0.15, 0.2) is 0 Å². The summed E-state index contributed by atoms with van der Waals surface area (Å²) in [5.41, 5.74) is 4.73. The number of nitrogens with one attached hydrogen (secondary N) is 1. The molecule has 6 nitrogen and oxygen atoms in total. The molecule has 0 aromatic carbocycles. The van der Waals surface area contributed by atoms with Crippen LogP contribution in [-0.2, 0) is 14.3 Å². The Balaban J connectivity index is 3.54. The zero-order valence-corrected chi connectivity index (χ0v) is 13.0. The molecule has 0 saturated heterocycles. The van der Waals surface area contributed by atoms with Crippen molar-refractivity contribution < 1.29 is 19.4 Å². The van der Waals surface area contributed by atoms with Crippen molar-refractivity contribution >= 4 is 5.91 Å². The van der Waals surface area contributed by atoms with Crippen LogP contribution >= 0.6 is 0 Å². The molecule has 0 bridgehead atoms. The summed E-state index contributed by atoms with van der Waals surface area (Å²) in [7, 11) is 0. The van der Waals surface area contributed by atoms with Gasteiger partial charge >= 0.3 is 0 Å². The molecule has 0 spiro atoms. The van der Waals surface area contributed by atoms with Crippen molar-refractivity contribution in [2.75, 3.05) is 33.0 Å². The topological polar surface area (TPSA) is 93.8 Å². The first-order valence-electron chi connectivity index (χ1n) is 7.24. The molecular weight excluding hydrogens is 260 g/mol. The van der Waals surface area contributed by atoms with Crippen LogP contribution in [0.25, 0.3) is 0 Å². The van der Waals surface area contributed by atoms with Gasteiger partial charge in [-0.3, -0.25) is 4.79 Å². The molecule has 0 fully saturated rings. The van der Waals surface area contributed by atoms with Gasteiger partial charge < -0.3 is 25.6 Å². The summed E-state index contributed by atoms with van der Waals surface area (Å²) >= 11 is 0. The molecule has 0 aromatic rings. The normalized spacial score (nSPS) is 13.4. The number of unbranched alkanes of at least 4 members (excludes halogenated alkanes) is 1. The predicted octanol–water partition coefficient (Wildman–Crippen LogP) is 0.424. The summed E-state index contributed by atoms with van der Waals surface area (Å²) in [5.74, 6) is -0.363. The lowest BCUT2D eigenvalue weighted by Gasteiger charge is -2.26. The average molecular weight is 290 g/mol. The number of hydrogen-bond acceptors (Lipinski definition) is 5. The third-order valence-electron chi connectivity index (χ3n) is 2.76. The Bertz CT molecular complexity index is 260. The van der Waals surface area contributed by atoms with E-state index in [1.165, 1.54) is 0 Å². The molecular formula is C14H30N2O4. The Morgan fingerprint density at radius 1 is 1.30 bits per heavy atom. The summed E-state index contributed by atoms with van der Waals surface area (Å²) in [6, 6.07) is 0. The van der Waals surface area contributed by atoms with Crippen LogP contribution < -0.4 is 11.1 Å². The third kappa shape index (κ3) is 12.3. The molecule has 0 aliphatic heterocycles. The number of aliphatic hydroxyl groups is 1. The fraction of sp³-hybridized carbons (Fsp3) is 0.929. The number of nitrogens with two attached hydrogens (primary N) is 1. The standard InChI is InChI=1S/C14H30N2O4/c1-4-5-6-19-7-8-20-11-12(17)10-16-14(2,3)9-13(15)18/h12,16-17H,4-11H2,1-3H3,(H2,15,18). The van der Waals surface area contributed by atoms with Crippen LogP contribution in [0.3, 0.4) is 0 Å². The second-order valence-electron chi connectivity index (χ2n) is 5.60. The van der Waals surface area contributed by atoms with Crippen molar-refractivity contribution in [3.63, 3.8) is 0 Å². The summed E-state index contributed by atoms with van der Waals surface area (Å²) in [5, 5.41) is 12.8. The quantitative estimate of drug-likeness (QED) is 0.428. The zero-order chi connectivity index (χ0) is 15.4. The van der Waals surface area contributed by atoms with Crippen LogP contribution in [0.15, 0.2) is 0 Å². The number of rotatable bonds is 13. The maximum absolute atomic E-state index is 10.9. The predicted molar refractivity (Wildman–Crippen MR) is 78.4 cm³/mol. The summed E-state index contributed by atoms with van der Waals surface area (Å²) < 4.78 is 10.7. The van der Waals surface area contributed by atoms with Crippen LogP contribution in [0.2, 0.25) is 0 Å². The summed E-state index contributed by atoms with van der Waals surface area (Å²) in [6.45, 7) is 8.24. The van der Waals surface area contributed by atoms with E-state index < -0.39 is 11.6 Å². The van der Waals surface area contributed by atoms with E-state index in [9.17, 15) is 9.90 Å². The average Bonchev–Trinajstić information content (AvgIpc) is 2.34. The first kappa shape index (κ1) is 19.3. The number of ether oxygens (including phenoxy) is 2. The van der Waals surface area contributed by atoms with E-state index in [4.69, 9.17) is 15.2 Å². The fourth-order valence-corrected chi connectivity index (χ4v) is 1.64. The lowest BCUT2D eigenvalue weighted by molar-refractivity contribution is -0.119. The molecule has 0 aromatic heterocycles. The van der Waals surface area contributed by atoms with Gasteiger partial charge in [0, 0.05) is 25.1 Å². The van der Waals surface area contributed by atoms with E-state index in [-0.39, 0.29) is 18.9 Å². The highest BCUT2D eigenvalue weighted by atomic mass is 16.5. The van der Waals surface area contributed by atoms with Crippen molar-refractivity contribution in [3.8, 4) is 0 Å². The van der Waals surface area contributed by atoms with Gasteiger partial charge in [0.2, 0.25) is 5.91 Å². The second kappa shape index (κ2) is 11.0. The van der Waals surface area contributed by atoms with Crippen molar-refractivity contribution in [1.29, 1.82) is 0 Å². The van der Waals surface area contributed by atoms with Gasteiger partial charge in [-0.2, -0.15) is 0 Å². The maximum Gasteiger partial charge on any atom is 0.219 e. The number of β-amino-alcohol motifs (C(OH)–C–C–N with tert-alkyl or cyclic N) is 1. The molecule has 0 aliphatic carbocycles. The van der Waals surface area contributed by atoms with Gasteiger partial charge in [-0.25, -0.2) is 0 Å². The Morgan fingerprint density at radius 2 is 1.95 bits per heavy atom. The Labute approximate surface area is 122 Å². The molecule has 0 saturated carbocycles. The van der Waals surface area contributed by atoms with Crippen LogP contribution in [0, 0.1) is 0 Å². The van der Waals surface area contributed by atoms with Crippen LogP contribution in [0.1, 0.15) is 40.0 Å². The molecule has 20 heavy (non-hydrogen) atoms. The zero-order valence-electron chi connectivity index (χ0n) is 13.0. The number of aliphatic hydroxyl groups excluding tert-OH is 1. The van der Waals surface area contributed by atoms with Crippen molar-refractivity contribution in [1.82, 2.24) is 5.32 Å². The van der Waals surface area contributed by atoms with Gasteiger partial charge in [-0.15, -0.1) is 0 Å². The number of carbonyl (C=O) groups excluding carboxylic acids is 1. The van der Waals surface area contributed by atoms with E-state index in [0.29, 0.717) is 19.8 Å². The highest BCUT2D eigenvalue weighted by Gasteiger charge is 2.20. The Kier molecular flexibility index (Phi) is 10.6. The third-order valence-corrected chi connectivity index (χ3v) is 2.76. The van der Waals surface area contributed by atoms with Crippen LogP contribution in [-0.4, -0.2) is 55.6 Å². The number of amides is 1. The molecule has 1 unspecified atom stereocenters. The first-order chi connectivity index (χ1) is 9.37. The minimum Gasteiger partial charge on any atom is -0.389 e. The molecule has 0 heterocycles. The van der Waals surface area contributed by atoms with Crippen LogP contribution in [0.4, 0.5) is 0 Å². The molecule has 1 amide bonds. The molecule has 0 rings (SSSR count). The molecule has 4 N–H and O–H groups in total. The van der Waals surface area contributed by atoms with Crippen molar-refractivity contribution in [3.05, 3.63) is 0 Å². The smallest absolute Gasteiger partial charge is 0.219 e. The second-order valence-corrected chi connectivity index (χ2v) is 5.60. The lowest BCUT2D eigenvalue weighted by Crippen LogP contribution is -2.46. The van der Waals surface area contributed by atoms with Gasteiger partial charge in [0.25, 0.3) is 0 Å². The van der Waals surface area contributed by atoms with Gasteiger partial charge in [0.1, 0.15) is 0 Å². The molecule has 0 aliphatic rings. The summed E-state index contributed by atoms with van der Waals surface area (Å²) in [6.07, 6.45) is 1.79. The van der Waals surface area contributed by atoms with Crippen LogP contribution in [0.5, 0.6) is 0 Å². The lowest BCUT2D eigenvalue weighted by atomic mass is 10.0. The highest BCUT2D eigenvalue weighted by Crippen LogP contribution is 2.07. The van der Waals surface area contributed by atoms with E-state index in [0.717, 1.165) is 19.4 Å². The minimum absolute atomic E-state index is 0.228. The first-order valence-corrected chi connectivity index (χ1v) is 7.24. The summed E-state index contributed by atoms with van der Waals surface area (Å²) in [4.78, 5) is 10.9. The number of carbonyl (C=O) groups is 1. The maximum atomic E-state index is 10.9. The molecule has 1 atom stereocenters. The number of primary amides is 1. The van der Waals surface area contributed by atoms with Gasteiger partial charge in [-0.05, 0) is 20.3 Å². The van der Waals surface area contributed by atoms with E-state index in [1.54, 1.807) is 0 Å². The molecule has 120 valence electrons. The van der Waals surface area contributed by atoms with E-state index in [2.05, 4.69) is 12.2 Å². The van der Waals surface area contributed by atoms with E-state index >= 15 is 0 Å². The van der Waals surface area contributed by atoms with E-state index in [1.807, 2.05) is 13.8 Å². The monoisotopic (exact) mass is 290 g/mol. The number of hydrogen-bond donors (Lipinski definition) is 3. The largest absolute Gasteiger partial charge is 0.389 e. The van der Waals surface area contributed by atoms with Gasteiger partial charge in [-0.1, -0.05) is 13.3 Å².